The lowest BCUT2D eigenvalue weighted by Crippen LogP contribution is -2.73. The summed E-state index contributed by atoms with van der Waals surface area (Å²) in [5, 5.41) is 32.4. The number of hydrogen-bond donors (Lipinski definition) is 5. The summed E-state index contributed by atoms with van der Waals surface area (Å²) < 4.78 is 12.3. The van der Waals surface area contributed by atoms with E-state index >= 15 is 0 Å². The van der Waals surface area contributed by atoms with Gasteiger partial charge in [-0.3, -0.25) is 9.78 Å². The van der Waals surface area contributed by atoms with Crippen LogP contribution in [0, 0.1) is 5.92 Å². The number of nitrogens with one attached hydrogen (secondary N) is 3. The third kappa shape index (κ3) is 4.52. The first kappa shape index (κ1) is 23.8. The molecule has 0 bridgehead atoms. The molecule has 3 fully saturated rings. The number of halogens is 1. The smallest absolute Gasteiger partial charge is 0.226 e. The predicted molar refractivity (Wildman–Crippen MR) is 118 cm³/mol. The van der Waals surface area contributed by atoms with E-state index in [1.807, 2.05) is 14.0 Å². The van der Waals surface area contributed by atoms with Gasteiger partial charge >= 0.3 is 0 Å². The molecule has 0 aromatic carbocycles. The van der Waals surface area contributed by atoms with Crippen molar-refractivity contribution in [2.24, 2.45) is 5.92 Å². The van der Waals surface area contributed by atoms with Crippen molar-refractivity contribution in [2.75, 3.05) is 14.1 Å². The van der Waals surface area contributed by atoms with Gasteiger partial charge in [-0.1, -0.05) is 11.6 Å². The lowest BCUT2D eigenvalue weighted by Gasteiger charge is -2.57. The number of hydrogen-bond acceptors (Lipinski definition) is 8. The fraction of sp³-hybridized carbons (Fsp3) is 0.727. The molecule has 0 radical (unpaired) electrons. The Morgan fingerprint density at radius 3 is 2.72 bits per heavy atom. The van der Waals surface area contributed by atoms with Gasteiger partial charge in [-0.05, 0) is 52.4 Å². The molecule has 32 heavy (non-hydrogen) atoms. The van der Waals surface area contributed by atoms with Crippen molar-refractivity contribution >= 4 is 17.5 Å². The molecule has 1 aromatic rings. The van der Waals surface area contributed by atoms with Crippen molar-refractivity contribution in [3.8, 4) is 0 Å². The standard InChI is InChI=1S/C22H33ClN4O5/c1-11-6-17(27-18(28)7-13-5-4-12(23)10-26-13)22(30)9-14-16(32-21(22)31-11)8-15(24-2)20(29)19(14)25-3/h4-5,10-11,14-17,19-21,24-25,29-30H,6-9H2,1-3H3,(H,27,28)/t11-,14+,15+,16?,17-,19-,20+,21+,22-/m1/s1. The maximum atomic E-state index is 12.8. The van der Waals surface area contributed by atoms with E-state index in [9.17, 15) is 15.0 Å². The Morgan fingerprint density at radius 1 is 1.28 bits per heavy atom. The molecule has 9 nitrogen and oxygen atoms in total. The van der Waals surface area contributed by atoms with E-state index in [1.165, 1.54) is 6.20 Å². The number of nitrogens with zero attached hydrogens (tertiary/aromatic N) is 1. The van der Waals surface area contributed by atoms with Gasteiger partial charge in [-0.2, -0.15) is 0 Å². The molecular formula is C22H33ClN4O5. The van der Waals surface area contributed by atoms with Crippen LogP contribution in [0.3, 0.4) is 0 Å². The van der Waals surface area contributed by atoms with Gasteiger partial charge in [0, 0.05) is 29.9 Å². The largest absolute Gasteiger partial charge is 0.390 e. The summed E-state index contributed by atoms with van der Waals surface area (Å²) in [5.74, 6) is -0.368. The number of rotatable bonds is 5. The van der Waals surface area contributed by atoms with Crippen molar-refractivity contribution < 1.29 is 24.5 Å². The molecule has 10 heteroatoms. The summed E-state index contributed by atoms with van der Waals surface area (Å²) in [7, 11) is 3.62. The van der Waals surface area contributed by atoms with E-state index in [2.05, 4.69) is 20.9 Å². The van der Waals surface area contributed by atoms with Crippen LogP contribution in [0.4, 0.5) is 0 Å². The molecule has 1 unspecified atom stereocenters. The Bertz CT molecular complexity index is 814. The second kappa shape index (κ2) is 9.50. The van der Waals surface area contributed by atoms with Gasteiger partial charge in [0.2, 0.25) is 5.91 Å². The van der Waals surface area contributed by atoms with Crippen molar-refractivity contribution in [2.45, 2.75) is 80.9 Å². The van der Waals surface area contributed by atoms with Crippen LogP contribution in [-0.2, 0) is 20.7 Å². The first-order valence-corrected chi connectivity index (χ1v) is 11.6. The highest BCUT2D eigenvalue weighted by molar-refractivity contribution is 6.30. The summed E-state index contributed by atoms with van der Waals surface area (Å²) >= 11 is 5.87. The van der Waals surface area contributed by atoms with Crippen LogP contribution >= 0.6 is 11.6 Å². The molecule has 1 aromatic heterocycles. The Morgan fingerprint density at radius 2 is 2.06 bits per heavy atom. The van der Waals surface area contributed by atoms with Gasteiger partial charge in [-0.25, -0.2) is 0 Å². The third-order valence-corrected chi connectivity index (χ3v) is 7.39. The summed E-state index contributed by atoms with van der Waals surface area (Å²) in [5.41, 5.74) is -0.808. The van der Waals surface area contributed by atoms with Crippen LogP contribution in [0.5, 0.6) is 0 Å². The quantitative estimate of drug-likeness (QED) is 0.408. The Labute approximate surface area is 193 Å². The number of aromatic nitrogens is 1. The predicted octanol–water partition coefficient (Wildman–Crippen LogP) is -0.0260. The Balaban J connectivity index is 1.52. The Kier molecular flexibility index (Phi) is 7.07. The average Bonchev–Trinajstić information content (AvgIpc) is 2.75. The maximum Gasteiger partial charge on any atom is 0.226 e. The summed E-state index contributed by atoms with van der Waals surface area (Å²) in [6, 6.07) is 2.47. The number of pyridine rings is 1. The molecule has 178 valence electrons. The molecule has 1 saturated carbocycles. The van der Waals surface area contributed by atoms with E-state index in [4.69, 9.17) is 21.1 Å². The highest BCUT2D eigenvalue weighted by Crippen LogP contribution is 2.45. The van der Waals surface area contributed by atoms with Crippen LogP contribution in [0.1, 0.15) is 31.9 Å². The fourth-order valence-electron chi connectivity index (χ4n) is 5.50. The lowest BCUT2D eigenvalue weighted by molar-refractivity contribution is -0.342. The first-order valence-electron chi connectivity index (χ1n) is 11.2. The zero-order valence-electron chi connectivity index (χ0n) is 18.6. The van der Waals surface area contributed by atoms with Gasteiger partial charge in [0.1, 0.15) is 5.60 Å². The van der Waals surface area contributed by atoms with E-state index in [0.29, 0.717) is 30.0 Å². The molecule has 1 aliphatic carbocycles. The second-order valence-electron chi connectivity index (χ2n) is 9.25. The van der Waals surface area contributed by atoms with Crippen molar-refractivity contribution in [1.82, 2.24) is 20.9 Å². The summed E-state index contributed by atoms with van der Waals surface area (Å²) in [4.78, 5) is 17.0. The molecule has 5 N–H and O–H groups in total. The zero-order chi connectivity index (χ0) is 23.0. The van der Waals surface area contributed by atoms with Crippen molar-refractivity contribution in [1.29, 1.82) is 0 Å². The molecule has 4 rings (SSSR count). The highest BCUT2D eigenvalue weighted by atomic mass is 35.5. The number of aliphatic hydroxyl groups excluding tert-OH is 1. The van der Waals surface area contributed by atoms with Gasteiger partial charge in [0.25, 0.3) is 0 Å². The molecular weight excluding hydrogens is 436 g/mol. The van der Waals surface area contributed by atoms with Crippen LogP contribution < -0.4 is 16.0 Å². The minimum absolute atomic E-state index is 0.0816. The van der Waals surface area contributed by atoms with Crippen LogP contribution in [0.2, 0.25) is 5.02 Å². The van der Waals surface area contributed by atoms with Crippen LogP contribution in [0.25, 0.3) is 0 Å². The average molecular weight is 469 g/mol. The minimum atomic E-state index is -1.40. The van der Waals surface area contributed by atoms with Crippen LogP contribution in [-0.4, -0.2) is 83.5 Å². The Hall–Kier alpha value is -1.33. The molecule has 2 saturated heterocycles. The number of carbonyl (C=O) groups excluding carboxylic acids is 1. The van der Waals surface area contributed by atoms with E-state index < -0.39 is 24.0 Å². The zero-order valence-corrected chi connectivity index (χ0v) is 19.4. The number of amides is 1. The lowest BCUT2D eigenvalue weighted by atomic mass is 9.67. The monoisotopic (exact) mass is 468 g/mol. The molecule has 3 heterocycles. The van der Waals surface area contributed by atoms with Crippen molar-refractivity contribution in [3.63, 3.8) is 0 Å². The van der Waals surface area contributed by atoms with E-state index in [1.54, 1.807) is 19.2 Å². The number of aliphatic hydroxyl groups is 2. The molecule has 0 spiro atoms. The molecule has 9 atom stereocenters. The van der Waals surface area contributed by atoms with E-state index in [0.717, 1.165) is 0 Å². The van der Waals surface area contributed by atoms with Gasteiger partial charge < -0.3 is 35.6 Å². The first-order chi connectivity index (χ1) is 15.2. The minimum Gasteiger partial charge on any atom is -0.390 e. The van der Waals surface area contributed by atoms with Crippen LogP contribution in [0.15, 0.2) is 18.3 Å². The highest BCUT2D eigenvalue weighted by Gasteiger charge is 2.60. The topological polar surface area (TPSA) is 125 Å². The third-order valence-electron chi connectivity index (χ3n) is 7.17. The van der Waals surface area contributed by atoms with Gasteiger partial charge in [0.15, 0.2) is 6.29 Å². The van der Waals surface area contributed by atoms with Gasteiger partial charge in [0.05, 0.1) is 35.8 Å². The maximum absolute atomic E-state index is 12.8. The molecule has 3 aliphatic rings. The summed E-state index contributed by atoms with van der Waals surface area (Å²) in [6.07, 6.45) is 1.16. The fourth-order valence-corrected chi connectivity index (χ4v) is 5.61. The van der Waals surface area contributed by atoms with Gasteiger partial charge in [-0.15, -0.1) is 0 Å². The molecule has 1 amide bonds. The SMILES string of the molecule is CN[C@H]1[C@@H](O)[C@@H](NC)CC2O[C@@H]3O[C@H](C)C[C@@H](NC(=O)Cc4ccc(Cl)cn4)[C@]3(O)C[C@@H]21. The number of ether oxygens (including phenoxy) is 2. The normalized spacial score (nSPS) is 41.4. The molecule has 2 aliphatic heterocycles. The number of carbonyl (C=O) groups is 1. The van der Waals surface area contributed by atoms with Crippen molar-refractivity contribution in [3.05, 3.63) is 29.0 Å². The summed E-state index contributed by atoms with van der Waals surface area (Å²) in [6.45, 7) is 1.91. The van der Waals surface area contributed by atoms with E-state index in [-0.39, 0.29) is 42.5 Å². The second-order valence-corrected chi connectivity index (χ2v) is 9.69. The number of likely N-dealkylation sites (N-methyl/N-ethyl adjacent to an activating group) is 2. The number of fused-ring (bicyclic) bond motifs is 2.